The van der Waals surface area contributed by atoms with Crippen LogP contribution in [0.3, 0.4) is 0 Å². The molecule has 0 atom stereocenters. The molecule has 1 saturated heterocycles. The van der Waals surface area contributed by atoms with Crippen LogP contribution in [0.1, 0.15) is 5.56 Å². The Labute approximate surface area is 113 Å². The van der Waals surface area contributed by atoms with Crippen LogP contribution in [-0.2, 0) is 0 Å². The smallest absolute Gasteiger partial charge is 0.298 e. The Morgan fingerprint density at radius 1 is 1.26 bits per heavy atom. The van der Waals surface area contributed by atoms with Crippen molar-refractivity contribution in [3.05, 3.63) is 23.8 Å². The monoisotopic (exact) mass is 260 g/mol. The number of nitrogens with two attached hydrogens (primary N) is 1. The SMILES string of the molecule is Cc1ccc2oc(N3CCN(CCN)CC3)nc2c1. The van der Waals surface area contributed by atoms with Crippen LogP contribution in [0.5, 0.6) is 0 Å². The van der Waals surface area contributed by atoms with E-state index in [0.717, 1.165) is 56.4 Å². The number of anilines is 1. The first-order valence-electron chi connectivity index (χ1n) is 6.81. The second-order valence-corrected chi connectivity index (χ2v) is 5.08. The number of rotatable bonds is 3. The molecular formula is C14H20N4O. The largest absolute Gasteiger partial charge is 0.423 e. The highest BCUT2D eigenvalue weighted by Crippen LogP contribution is 2.23. The standard InChI is InChI=1S/C14H20N4O/c1-11-2-3-13-12(10-11)16-14(19-13)18-8-6-17(5-4-15)7-9-18/h2-3,10H,4-9,15H2,1H3. The Kier molecular flexibility index (Phi) is 3.40. The molecule has 1 aromatic carbocycles. The molecule has 102 valence electrons. The van der Waals surface area contributed by atoms with Gasteiger partial charge in [0.25, 0.3) is 6.01 Å². The number of aryl methyl sites for hydroxylation is 1. The van der Waals surface area contributed by atoms with E-state index in [1.807, 2.05) is 6.07 Å². The number of fused-ring (bicyclic) bond motifs is 1. The van der Waals surface area contributed by atoms with Crippen molar-refractivity contribution >= 4 is 17.1 Å². The van der Waals surface area contributed by atoms with Crippen molar-refractivity contribution in [1.82, 2.24) is 9.88 Å². The zero-order chi connectivity index (χ0) is 13.2. The van der Waals surface area contributed by atoms with Crippen LogP contribution in [0.15, 0.2) is 22.6 Å². The summed E-state index contributed by atoms with van der Waals surface area (Å²) in [5, 5.41) is 0. The zero-order valence-corrected chi connectivity index (χ0v) is 11.3. The number of piperazine rings is 1. The van der Waals surface area contributed by atoms with Crippen LogP contribution in [-0.4, -0.2) is 49.2 Å². The number of aromatic nitrogens is 1. The van der Waals surface area contributed by atoms with Gasteiger partial charge >= 0.3 is 0 Å². The Morgan fingerprint density at radius 3 is 2.79 bits per heavy atom. The summed E-state index contributed by atoms with van der Waals surface area (Å²) >= 11 is 0. The van der Waals surface area contributed by atoms with Crippen LogP contribution in [0.25, 0.3) is 11.1 Å². The fraction of sp³-hybridized carbons (Fsp3) is 0.500. The van der Waals surface area contributed by atoms with Gasteiger partial charge in [-0.3, -0.25) is 4.90 Å². The molecule has 0 spiro atoms. The van der Waals surface area contributed by atoms with Gasteiger partial charge in [-0.2, -0.15) is 4.98 Å². The summed E-state index contributed by atoms with van der Waals surface area (Å²) in [7, 11) is 0. The van der Waals surface area contributed by atoms with E-state index in [4.69, 9.17) is 10.2 Å². The van der Waals surface area contributed by atoms with E-state index in [0.29, 0.717) is 0 Å². The summed E-state index contributed by atoms with van der Waals surface area (Å²) in [6.07, 6.45) is 0. The topological polar surface area (TPSA) is 58.5 Å². The summed E-state index contributed by atoms with van der Waals surface area (Å²) in [4.78, 5) is 9.17. The average molecular weight is 260 g/mol. The average Bonchev–Trinajstić information content (AvgIpc) is 2.83. The second kappa shape index (κ2) is 5.19. The third kappa shape index (κ3) is 2.57. The minimum Gasteiger partial charge on any atom is -0.423 e. The highest BCUT2D eigenvalue weighted by Gasteiger charge is 2.20. The maximum atomic E-state index is 5.83. The quantitative estimate of drug-likeness (QED) is 0.899. The van der Waals surface area contributed by atoms with E-state index in [1.54, 1.807) is 0 Å². The second-order valence-electron chi connectivity index (χ2n) is 5.08. The van der Waals surface area contributed by atoms with Crippen LogP contribution >= 0.6 is 0 Å². The van der Waals surface area contributed by atoms with Crippen LogP contribution in [0.4, 0.5) is 6.01 Å². The van der Waals surface area contributed by atoms with Gasteiger partial charge in [0, 0.05) is 39.3 Å². The summed E-state index contributed by atoms with van der Waals surface area (Å²) in [5.74, 6) is 0. The minimum atomic E-state index is 0.724. The van der Waals surface area contributed by atoms with Crippen molar-refractivity contribution in [2.24, 2.45) is 5.73 Å². The molecule has 1 fully saturated rings. The van der Waals surface area contributed by atoms with Crippen molar-refractivity contribution < 1.29 is 4.42 Å². The summed E-state index contributed by atoms with van der Waals surface area (Å²) in [6, 6.07) is 6.85. The lowest BCUT2D eigenvalue weighted by Gasteiger charge is -2.33. The predicted octanol–water partition coefficient (Wildman–Crippen LogP) is 1.22. The number of benzene rings is 1. The molecule has 5 nitrogen and oxygen atoms in total. The summed E-state index contributed by atoms with van der Waals surface area (Å²) < 4.78 is 5.83. The maximum Gasteiger partial charge on any atom is 0.298 e. The van der Waals surface area contributed by atoms with E-state index >= 15 is 0 Å². The van der Waals surface area contributed by atoms with Gasteiger partial charge in [-0.25, -0.2) is 0 Å². The first kappa shape index (κ1) is 12.4. The molecule has 2 aromatic rings. The normalized spacial score (nSPS) is 17.3. The van der Waals surface area contributed by atoms with E-state index in [2.05, 4.69) is 33.8 Å². The van der Waals surface area contributed by atoms with Gasteiger partial charge < -0.3 is 15.1 Å². The molecule has 0 amide bonds. The van der Waals surface area contributed by atoms with E-state index < -0.39 is 0 Å². The van der Waals surface area contributed by atoms with Gasteiger partial charge in [-0.1, -0.05) is 6.07 Å². The fourth-order valence-electron chi connectivity index (χ4n) is 2.51. The first-order chi connectivity index (χ1) is 9.26. The van der Waals surface area contributed by atoms with Crippen molar-refractivity contribution in [2.75, 3.05) is 44.2 Å². The molecule has 1 aliphatic heterocycles. The van der Waals surface area contributed by atoms with E-state index in [-0.39, 0.29) is 0 Å². The fourth-order valence-corrected chi connectivity index (χ4v) is 2.51. The molecule has 0 aliphatic carbocycles. The Bertz CT molecular complexity index is 558. The third-order valence-corrected chi connectivity index (χ3v) is 3.62. The number of hydrogen-bond donors (Lipinski definition) is 1. The molecule has 2 heterocycles. The van der Waals surface area contributed by atoms with Crippen molar-refractivity contribution in [3.63, 3.8) is 0 Å². The van der Waals surface area contributed by atoms with Gasteiger partial charge in [0.1, 0.15) is 5.52 Å². The van der Waals surface area contributed by atoms with Gasteiger partial charge in [0.2, 0.25) is 0 Å². The van der Waals surface area contributed by atoms with Crippen LogP contribution in [0.2, 0.25) is 0 Å². The lowest BCUT2D eigenvalue weighted by molar-refractivity contribution is 0.260. The van der Waals surface area contributed by atoms with Crippen molar-refractivity contribution in [3.8, 4) is 0 Å². The lowest BCUT2D eigenvalue weighted by Crippen LogP contribution is -2.47. The maximum absolute atomic E-state index is 5.83. The lowest BCUT2D eigenvalue weighted by atomic mass is 10.2. The van der Waals surface area contributed by atoms with Gasteiger partial charge in [-0.15, -0.1) is 0 Å². The molecule has 0 radical (unpaired) electrons. The Balaban J connectivity index is 1.74. The molecule has 0 bridgehead atoms. The molecule has 3 rings (SSSR count). The highest BCUT2D eigenvalue weighted by atomic mass is 16.4. The zero-order valence-electron chi connectivity index (χ0n) is 11.3. The van der Waals surface area contributed by atoms with Gasteiger partial charge in [-0.05, 0) is 24.6 Å². The van der Waals surface area contributed by atoms with Crippen LogP contribution < -0.4 is 10.6 Å². The third-order valence-electron chi connectivity index (χ3n) is 3.62. The van der Waals surface area contributed by atoms with E-state index in [1.165, 1.54) is 5.56 Å². The van der Waals surface area contributed by atoms with Gasteiger partial charge in [0.15, 0.2) is 5.58 Å². The molecule has 1 aliphatic rings. The van der Waals surface area contributed by atoms with Crippen molar-refractivity contribution in [2.45, 2.75) is 6.92 Å². The number of nitrogens with zero attached hydrogens (tertiary/aromatic N) is 3. The predicted molar refractivity (Wildman–Crippen MR) is 76.5 cm³/mol. The number of hydrogen-bond acceptors (Lipinski definition) is 5. The summed E-state index contributed by atoms with van der Waals surface area (Å²) in [5.41, 5.74) is 8.60. The van der Waals surface area contributed by atoms with Gasteiger partial charge in [0.05, 0.1) is 0 Å². The molecule has 0 unspecified atom stereocenters. The molecule has 19 heavy (non-hydrogen) atoms. The minimum absolute atomic E-state index is 0.724. The summed E-state index contributed by atoms with van der Waals surface area (Å²) in [6.45, 7) is 7.71. The Hall–Kier alpha value is -1.59. The van der Waals surface area contributed by atoms with Crippen molar-refractivity contribution in [1.29, 1.82) is 0 Å². The number of oxazole rings is 1. The van der Waals surface area contributed by atoms with Crippen LogP contribution in [0, 0.1) is 6.92 Å². The molecule has 2 N–H and O–H groups in total. The molecule has 0 saturated carbocycles. The molecule has 5 heteroatoms. The molecule has 1 aromatic heterocycles. The highest BCUT2D eigenvalue weighted by molar-refractivity contribution is 5.75. The Morgan fingerprint density at radius 2 is 2.05 bits per heavy atom. The molecular weight excluding hydrogens is 240 g/mol. The van der Waals surface area contributed by atoms with E-state index in [9.17, 15) is 0 Å². The first-order valence-corrected chi connectivity index (χ1v) is 6.81.